The fourth-order valence-electron chi connectivity index (χ4n) is 2.55. The Morgan fingerprint density at radius 2 is 1.80 bits per heavy atom. The number of hydrogen-bond donors (Lipinski definition) is 1. The normalized spacial score (nSPS) is 16.1. The van der Waals surface area contributed by atoms with Crippen LogP contribution < -0.4 is 10.1 Å². The second-order valence-corrected chi connectivity index (χ2v) is 5.89. The highest BCUT2D eigenvalue weighted by atomic mass is 19.1. The van der Waals surface area contributed by atoms with Crippen LogP contribution in [0, 0.1) is 17.6 Å². The summed E-state index contributed by atoms with van der Waals surface area (Å²) in [6, 6.07) is 2.98. The lowest BCUT2D eigenvalue weighted by molar-refractivity contribution is 0.231. The molecule has 0 aromatic heterocycles. The van der Waals surface area contributed by atoms with Gasteiger partial charge in [0.1, 0.15) is 0 Å². The average molecular weight is 283 g/mol. The summed E-state index contributed by atoms with van der Waals surface area (Å²) >= 11 is 0. The summed E-state index contributed by atoms with van der Waals surface area (Å²) in [5, 5.41) is 3.14. The van der Waals surface area contributed by atoms with Crippen LogP contribution in [0.15, 0.2) is 12.1 Å². The highest BCUT2D eigenvalue weighted by Gasteiger charge is 2.18. The van der Waals surface area contributed by atoms with Gasteiger partial charge in [-0.05, 0) is 36.5 Å². The predicted octanol–water partition coefficient (Wildman–Crippen LogP) is 4.03. The van der Waals surface area contributed by atoms with Gasteiger partial charge in [-0.15, -0.1) is 0 Å². The first-order chi connectivity index (χ1) is 9.56. The molecule has 0 unspecified atom stereocenters. The first-order valence-corrected chi connectivity index (χ1v) is 7.40. The van der Waals surface area contributed by atoms with E-state index in [1.165, 1.54) is 25.0 Å². The smallest absolute Gasteiger partial charge is 0.190 e. The molecular formula is C16H23F2NO. The van der Waals surface area contributed by atoms with Crippen LogP contribution in [0.2, 0.25) is 0 Å². The Morgan fingerprint density at radius 3 is 2.35 bits per heavy atom. The Hall–Kier alpha value is -1.16. The van der Waals surface area contributed by atoms with E-state index in [1.54, 1.807) is 0 Å². The fraction of sp³-hybridized carbons (Fsp3) is 0.625. The van der Waals surface area contributed by atoms with Crippen molar-refractivity contribution in [2.45, 2.75) is 52.1 Å². The number of benzene rings is 1. The molecule has 0 heterocycles. The summed E-state index contributed by atoms with van der Waals surface area (Å²) in [6.07, 6.45) is 4.58. The van der Waals surface area contributed by atoms with Gasteiger partial charge in [-0.1, -0.05) is 26.7 Å². The molecule has 0 radical (unpaired) electrons. The summed E-state index contributed by atoms with van der Waals surface area (Å²) in [7, 11) is 0. The zero-order valence-electron chi connectivity index (χ0n) is 12.2. The summed E-state index contributed by atoms with van der Waals surface area (Å²) in [4.78, 5) is 0. The minimum Gasteiger partial charge on any atom is -0.487 e. The highest BCUT2D eigenvalue weighted by Crippen LogP contribution is 2.28. The minimum absolute atomic E-state index is 0.231. The fourth-order valence-corrected chi connectivity index (χ4v) is 2.55. The molecule has 0 atom stereocenters. The number of halogens is 2. The van der Waals surface area contributed by atoms with Crippen molar-refractivity contribution in [3.05, 3.63) is 29.3 Å². The van der Waals surface area contributed by atoms with Gasteiger partial charge in [0, 0.05) is 12.6 Å². The van der Waals surface area contributed by atoms with Gasteiger partial charge in [-0.25, -0.2) is 8.78 Å². The molecule has 1 N–H and O–H groups in total. The average Bonchev–Trinajstić information content (AvgIpc) is 2.88. The van der Waals surface area contributed by atoms with Crippen molar-refractivity contribution in [3.8, 4) is 5.75 Å². The van der Waals surface area contributed by atoms with E-state index < -0.39 is 11.6 Å². The van der Waals surface area contributed by atoms with E-state index in [0.717, 1.165) is 12.8 Å². The van der Waals surface area contributed by atoms with Crippen molar-refractivity contribution in [1.82, 2.24) is 5.32 Å². The summed E-state index contributed by atoms with van der Waals surface area (Å²) < 4.78 is 33.2. The van der Waals surface area contributed by atoms with E-state index in [4.69, 9.17) is 4.74 Å². The third-order valence-electron chi connectivity index (χ3n) is 3.71. The molecule has 1 aromatic rings. The third-order valence-corrected chi connectivity index (χ3v) is 3.71. The molecule has 2 rings (SSSR count). The number of ether oxygens (including phenoxy) is 1. The second-order valence-electron chi connectivity index (χ2n) is 5.89. The molecule has 1 aliphatic rings. The molecule has 0 amide bonds. The van der Waals surface area contributed by atoms with E-state index in [1.807, 2.05) is 13.8 Å². The topological polar surface area (TPSA) is 21.3 Å². The Labute approximate surface area is 119 Å². The van der Waals surface area contributed by atoms with E-state index in [0.29, 0.717) is 24.6 Å². The molecule has 1 aromatic carbocycles. The van der Waals surface area contributed by atoms with Gasteiger partial charge < -0.3 is 10.1 Å². The maximum Gasteiger partial charge on any atom is 0.190 e. The van der Waals surface area contributed by atoms with Gasteiger partial charge in [-0.3, -0.25) is 0 Å². The Balaban J connectivity index is 1.98. The minimum atomic E-state index is -0.608. The van der Waals surface area contributed by atoms with Crippen LogP contribution in [-0.2, 0) is 6.54 Å². The van der Waals surface area contributed by atoms with Crippen LogP contribution in [0.5, 0.6) is 5.75 Å². The van der Waals surface area contributed by atoms with Gasteiger partial charge in [-0.2, -0.15) is 0 Å². The largest absolute Gasteiger partial charge is 0.487 e. The van der Waals surface area contributed by atoms with Crippen molar-refractivity contribution in [3.63, 3.8) is 0 Å². The number of hydrogen-bond acceptors (Lipinski definition) is 2. The summed E-state index contributed by atoms with van der Waals surface area (Å²) in [5.74, 6) is -1.01. The Kier molecular flexibility index (Phi) is 5.35. The van der Waals surface area contributed by atoms with Crippen LogP contribution in [0.25, 0.3) is 0 Å². The number of rotatable bonds is 6. The Bertz CT molecular complexity index is 419. The van der Waals surface area contributed by atoms with Crippen LogP contribution in [0.1, 0.15) is 45.1 Å². The monoisotopic (exact) mass is 283 g/mol. The van der Waals surface area contributed by atoms with Crippen LogP contribution in [0.4, 0.5) is 8.78 Å². The third kappa shape index (κ3) is 4.17. The van der Waals surface area contributed by atoms with Crippen molar-refractivity contribution in [2.24, 2.45) is 5.92 Å². The van der Waals surface area contributed by atoms with Gasteiger partial charge in [0.2, 0.25) is 0 Å². The van der Waals surface area contributed by atoms with Gasteiger partial charge >= 0.3 is 0 Å². The van der Waals surface area contributed by atoms with Crippen molar-refractivity contribution >= 4 is 0 Å². The zero-order valence-corrected chi connectivity index (χ0v) is 12.2. The molecular weight excluding hydrogens is 260 g/mol. The van der Waals surface area contributed by atoms with E-state index >= 15 is 0 Å². The molecule has 2 nitrogen and oxygen atoms in total. The quantitative estimate of drug-likeness (QED) is 0.851. The van der Waals surface area contributed by atoms with Crippen LogP contribution >= 0.6 is 0 Å². The molecule has 4 heteroatoms. The van der Waals surface area contributed by atoms with E-state index in [-0.39, 0.29) is 11.8 Å². The van der Waals surface area contributed by atoms with Gasteiger partial charge in [0.25, 0.3) is 0 Å². The summed E-state index contributed by atoms with van der Waals surface area (Å²) in [5.41, 5.74) is 0.599. The molecule has 20 heavy (non-hydrogen) atoms. The molecule has 0 aliphatic heterocycles. The molecule has 0 bridgehead atoms. The summed E-state index contributed by atoms with van der Waals surface area (Å²) in [6.45, 7) is 4.85. The maximum atomic E-state index is 13.9. The first kappa shape index (κ1) is 15.2. The lowest BCUT2D eigenvalue weighted by Crippen LogP contribution is -2.22. The van der Waals surface area contributed by atoms with E-state index in [9.17, 15) is 8.78 Å². The van der Waals surface area contributed by atoms with Crippen LogP contribution in [-0.4, -0.2) is 12.6 Å². The van der Waals surface area contributed by atoms with Crippen LogP contribution in [0.3, 0.4) is 0 Å². The molecule has 1 saturated carbocycles. The van der Waals surface area contributed by atoms with Crippen molar-refractivity contribution < 1.29 is 13.5 Å². The number of nitrogens with one attached hydrogen (secondary N) is 1. The predicted molar refractivity (Wildman–Crippen MR) is 75.8 cm³/mol. The molecule has 1 fully saturated rings. The van der Waals surface area contributed by atoms with Crippen molar-refractivity contribution in [2.75, 3.05) is 6.61 Å². The molecule has 0 saturated heterocycles. The molecule has 1 aliphatic carbocycles. The standard InChI is InChI=1S/C16H23F2NO/c1-11(2)19-9-13-7-14(17)16(15(18)8-13)20-10-12-5-3-4-6-12/h7-8,11-12,19H,3-6,9-10H2,1-2H3. The molecule has 112 valence electrons. The van der Waals surface area contributed by atoms with Crippen molar-refractivity contribution in [1.29, 1.82) is 0 Å². The lowest BCUT2D eigenvalue weighted by Gasteiger charge is -2.14. The zero-order chi connectivity index (χ0) is 14.5. The van der Waals surface area contributed by atoms with E-state index in [2.05, 4.69) is 5.32 Å². The Morgan fingerprint density at radius 1 is 1.20 bits per heavy atom. The first-order valence-electron chi connectivity index (χ1n) is 7.40. The van der Waals surface area contributed by atoms with Gasteiger partial charge in [0.05, 0.1) is 6.61 Å². The maximum absolute atomic E-state index is 13.9. The van der Waals surface area contributed by atoms with Gasteiger partial charge in [0.15, 0.2) is 17.4 Å². The lowest BCUT2D eigenvalue weighted by atomic mass is 10.1. The second kappa shape index (κ2) is 7.02. The highest BCUT2D eigenvalue weighted by molar-refractivity contribution is 5.31. The SMILES string of the molecule is CC(C)NCc1cc(F)c(OCC2CCCC2)c(F)c1. The molecule has 0 spiro atoms.